The molecule has 0 radical (unpaired) electrons. The first kappa shape index (κ1) is 45.6. The zero-order chi connectivity index (χ0) is 49.5. The van der Waals surface area contributed by atoms with Crippen LogP contribution >= 0.6 is 0 Å². The number of hydrogen-bond acceptors (Lipinski definition) is 4. The Hall–Kier alpha value is -7.21. The molecule has 0 amide bonds. The average Bonchev–Trinajstić information content (AvgIpc) is 4.07. The molecule has 2 unspecified atom stereocenters. The van der Waals surface area contributed by atoms with Crippen LogP contribution in [0.25, 0.3) is 72.3 Å². The van der Waals surface area contributed by atoms with Crippen LogP contribution in [-0.4, -0.2) is 30.3 Å². The van der Waals surface area contributed by atoms with Crippen molar-refractivity contribution in [2.45, 2.75) is 89.4 Å². The van der Waals surface area contributed by atoms with Crippen LogP contribution < -0.4 is 4.74 Å². The van der Waals surface area contributed by atoms with Gasteiger partial charge < -0.3 is 0 Å². The van der Waals surface area contributed by atoms with Gasteiger partial charge in [-0.15, -0.1) is 0 Å². The summed E-state index contributed by atoms with van der Waals surface area (Å²) in [5, 5.41) is 2.42. The molecular weight excluding hydrogens is 1080 g/mol. The zero-order valence-corrected chi connectivity index (χ0v) is 43.7. The molecule has 0 spiro atoms. The number of rotatable bonds is 8. The molecule has 3 aromatic heterocycles. The van der Waals surface area contributed by atoms with Crippen molar-refractivity contribution in [3.63, 3.8) is 0 Å². The van der Waals surface area contributed by atoms with Crippen molar-refractivity contribution in [1.82, 2.24) is 18.7 Å². The molecular formula is C65H56N4O3Pt. The molecule has 73 heavy (non-hydrogen) atoms. The van der Waals surface area contributed by atoms with Crippen LogP contribution in [0.4, 0.5) is 0 Å². The van der Waals surface area contributed by atoms with Gasteiger partial charge in [0.05, 0.1) is 0 Å². The van der Waals surface area contributed by atoms with Gasteiger partial charge in [0.1, 0.15) is 0 Å². The fourth-order valence-electron chi connectivity index (χ4n) is 12.5. The van der Waals surface area contributed by atoms with Crippen molar-refractivity contribution < 1.29 is 33.7 Å². The number of ether oxygens (including phenoxy) is 1. The van der Waals surface area contributed by atoms with E-state index in [1.165, 1.54) is 54.0 Å². The van der Waals surface area contributed by atoms with Crippen molar-refractivity contribution in [2.24, 2.45) is 5.92 Å². The topological polar surface area (TPSA) is 71.0 Å². The van der Waals surface area contributed by atoms with E-state index in [1.54, 1.807) is 0 Å². The summed E-state index contributed by atoms with van der Waals surface area (Å²) in [5.74, 6) is 2.89. The van der Waals surface area contributed by atoms with Crippen molar-refractivity contribution in [2.75, 3.05) is 0 Å². The third-order valence-corrected chi connectivity index (χ3v) is 17.1. The summed E-state index contributed by atoms with van der Waals surface area (Å²) in [4.78, 5) is 32.2. The standard InChI is InChI=1S/C65H56N4O3.Pt/c1-65(2,3)45-30-31-66-62(33-45)69-57-29-26-44(41-16-7-4-8-17-41)32-54(57)50-28-27-49(37-60(50)69)72-48-23-15-22-46(34-48)67-40-68(59-25-14-13-24-58(59)67)64-51(42-18-9-5-10-19-42)38-53-52-35-47(70)36-55(52)61(71)39-56(53)63(64)43-20-11-6-12-21-43;/h5-6,9-15,18-34,37-38,41,52,55H,4,7-8,16-17,35-36,39H2,1-3H3;. The van der Waals surface area contributed by atoms with Gasteiger partial charge in [0, 0.05) is 6.20 Å². The zero-order valence-electron chi connectivity index (χ0n) is 41.4. The van der Waals surface area contributed by atoms with Crippen LogP contribution in [0.2, 0.25) is 0 Å². The van der Waals surface area contributed by atoms with E-state index in [0.29, 0.717) is 25.2 Å². The maximum absolute atomic E-state index is 14.1. The number of para-hydroxylation sites is 2. The van der Waals surface area contributed by atoms with Crippen LogP contribution in [0.5, 0.6) is 11.5 Å². The average molecular weight is 1140 g/mol. The van der Waals surface area contributed by atoms with Gasteiger partial charge in [-0.3, -0.25) is 0 Å². The van der Waals surface area contributed by atoms with Crippen LogP contribution in [0.15, 0.2) is 170 Å². The van der Waals surface area contributed by atoms with E-state index >= 15 is 0 Å². The van der Waals surface area contributed by atoms with Crippen LogP contribution in [0.3, 0.4) is 0 Å². The van der Waals surface area contributed by atoms with Crippen LogP contribution in [0.1, 0.15) is 99.8 Å². The molecule has 0 N–H and O–H groups in total. The number of benzene rings is 7. The van der Waals surface area contributed by atoms with Crippen molar-refractivity contribution in [1.29, 1.82) is 0 Å². The monoisotopic (exact) mass is 1140 g/mol. The summed E-state index contributed by atoms with van der Waals surface area (Å²) in [6.07, 6.45) is 9.38. The van der Waals surface area contributed by atoms with E-state index < -0.39 is 0 Å². The molecule has 2 saturated carbocycles. The Morgan fingerprint density at radius 2 is 1.32 bits per heavy atom. The molecule has 13 rings (SSSR count). The molecule has 7 aromatic carbocycles. The summed E-state index contributed by atoms with van der Waals surface area (Å²) in [6.45, 7) is 6.75. The molecule has 7 nitrogen and oxygen atoms in total. The van der Waals surface area contributed by atoms with Gasteiger partial charge >= 0.3 is 345 Å². The van der Waals surface area contributed by atoms with Gasteiger partial charge in [-0.2, -0.15) is 0 Å². The predicted molar refractivity (Wildman–Crippen MR) is 289 cm³/mol. The number of ketones is 2. The predicted octanol–water partition coefficient (Wildman–Crippen LogP) is 15.7. The fourth-order valence-corrected chi connectivity index (χ4v) is 13.6. The van der Waals surface area contributed by atoms with Gasteiger partial charge in [0.2, 0.25) is 0 Å². The number of hydrogen-bond donors (Lipinski definition) is 0. The van der Waals surface area contributed by atoms with Crippen molar-refractivity contribution in [3.05, 3.63) is 196 Å². The third-order valence-electron chi connectivity index (χ3n) is 16.1. The Balaban J connectivity index is 0.963. The molecule has 2 atom stereocenters. The van der Waals surface area contributed by atoms with E-state index in [2.05, 4.69) is 205 Å². The van der Waals surface area contributed by atoms with E-state index in [4.69, 9.17) is 9.72 Å². The number of aromatic nitrogens is 4. The van der Waals surface area contributed by atoms with Crippen molar-refractivity contribution >= 4 is 44.4 Å². The minimum atomic E-state index is -0.267. The second-order valence-corrected chi connectivity index (χ2v) is 22.5. The van der Waals surface area contributed by atoms with Gasteiger partial charge in [-0.25, -0.2) is 0 Å². The molecule has 10 aromatic rings. The molecule has 0 saturated heterocycles. The first-order chi connectivity index (χ1) is 35.6. The van der Waals surface area contributed by atoms with Crippen LogP contribution in [0, 0.1) is 9.72 Å². The van der Waals surface area contributed by atoms with Gasteiger partial charge in [0.25, 0.3) is 0 Å². The summed E-state index contributed by atoms with van der Waals surface area (Å²) in [5.41, 5.74) is 15.2. The Bertz CT molecular complexity index is 3910. The first-order valence-corrected chi connectivity index (χ1v) is 27.1. The Labute approximate surface area is 436 Å². The Morgan fingerprint density at radius 1 is 0.603 bits per heavy atom. The minimum absolute atomic E-state index is 0.0384. The van der Waals surface area contributed by atoms with Crippen LogP contribution in [-0.2, 0) is 40.8 Å². The molecule has 2 fully saturated rings. The first-order valence-electron chi connectivity index (χ1n) is 25.9. The molecule has 3 aliphatic rings. The molecule has 0 bridgehead atoms. The normalized spacial score (nSPS) is 17.2. The van der Waals surface area contributed by atoms with E-state index in [1.807, 2.05) is 18.3 Å². The maximum atomic E-state index is 14.1. The summed E-state index contributed by atoms with van der Waals surface area (Å²) >= 11 is 2.48. The molecule has 8 heteroatoms. The summed E-state index contributed by atoms with van der Waals surface area (Å²) in [6, 6.07) is 58.3. The van der Waals surface area contributed by atoms with E-state index in [0.717, 1.165) is 87.9 Å². The van der Waals surface area contributed by atoms with Gasteiger partial charge in [-0.05, 0) is 41.4 Å². The number of Topliss-reactive ketones (excluding diaryl/α,β-unsaturated/α-hetero) is 2. The van der Waals surface area contributed by atoms with Crippen molar-refractivity contribution in [3.8, 4) is 50.9 Å². The third kappa shape index (κ3) is 7.90. The Morgan fingerprint density at radius 3 is 2.08 bits per heavy atom. The number of carbonyl (C=O) groups excluding carboxylic acids is 2. The number of nitrogens with zero attached hydrogens (tertiary/aromatic N) is 4. The quantitative estimate of drug-likeness (QED) is 0.152. The van der Waals surface area contributed by atoms with Gasteiger partial charge in [0.15, 0.2) is 0 Å². The number of carbonyl (C=O) groups is 2. The number of imidazole rings is 1. The summed E-state index contributed by atoms with van der Waals surface area (Å²) < 4.78 is 14.9. The van der Waals surface area contributed by atoms with E-state index in [-0.39, 0.29) is 28.8 Å². The Kier molecular flexibility index (Phi) is 11.3. The number of pyridine rings is 1. The molecule has 364 valence electrons. The van der Waals surface area contributed by atoms with E-state index in [9.17, 15) is 9.59 Å². The molecule has 3 aliphatic carbocycles. The van der Waals surface area contributed by atoms with Gasteiger partial charge in [-0.1, -0.05) is 46.1 Å². The number of fused-ring (bicyclic) bond motifs is 7. The second kappa shape index (κ2) is 18.1. The SMILES string of the molecule is CC(C)(C)c1ccnc(-n2c3ccc(C4CCCCC4)cc3c3ccc(Oc4cccc(-n5[c](=[Pt])n(-c6c(-c7ccccc7)cc7c(c6-c6ccccc6)CC(=O)C6CC(=O)CC76)c6ccccc65)c4)cc32)c1. The molecule has 3 heterocycles. The summed E-state index contributed by atoms with van der Waals surface area (Å²) in [7, 11) is 0. The second-order valence-electron chi connectivity index (χ2n) is 21.5. The fraction of sp³-hybridized carbons (Fsp3) is 0.231. The molecule has 0 aliphatic heterocycles.